The van der Waals surface area contributed by atoms with Crippen molar-refractivity contribution in [2.75, 3.05) is 32.7 Å². The summed E-state index contributed by atoms with van der Waals surface area (Å²) >= 11 is 0. The molecule has 1 fully saturated rings. The molecule has 1 unspecified atom stereocenters. The molecule has 0 aliphatic carbocycles. The van der Waals surface area contributed by atoms with Crippen molar-refractivity contribution in [1.82, 2.24) is 10.2 Å². The van der Waals surface area contributed by atoms with E-state index in [1.54, 1.807) is 12.1 Å². The third kappa shape index (κ3) is 5.07. The number of hydrogen-bond donors (Lipinski definition) is 1. The Morgan fingerprint density at radius 2 is 1.86 bits per heavy atom. The minimum atomic E-state index is -0.529. The summed E-state index contributed by atoms with van der Waals surface area (Å²) in [5.74, 6) is -0.940. The SMILES string of the molecule is CC(C)(C)OC(=O)C(CN1CCNCC1)c1ccc(F)cc1. The zero-order valence-corrected chi connectivity index (χ0v) is 13.6. The van der Waals surface area contributed by atoms with Crippen molar-refractivity contribution in [3.8, 4) is 0 Å². The molecule has 0 spiro atoms. The lowest BCUT2D eigenvalue weighted by Crippen LogP contribution is -2.46. The lowest BCUT2D eigenvalue weighted by Gasteiger charge is -2.31. The van der Waals surface area contributed by atoms with Gasteiger partial charge in [-0.3, -0.25) is 9.69 Å². The second-order valence-corrected chi connectivity index (χ2v) is 6.69. The molecular weight excluding hydrogens is 283 g/mol. The normalized spacial score (nSPS) is 18.0. The fourth-order valence-corrected chi connectivity index (χ4v) is 2.54. The highest BCUT2D eigenvalue weighted by Gasteiger charge is 2.29. The number of hydrogen-bond acceptors (Lipinski definition) is 4. The fourth-order valence-electron chi connectivity index (χ4n) is 2.54. The molecule has 0 amide bonds. The van der Waals surface area contributed by atoms with E-state index < -0.39 is 11.5 Å². The zero-order chi connectivity index (χ0) is 16.2. The van der Waals surface area contributed by atoms with Crippen LogP contribution in [0.4, 0.5) is 4.39 Å². The number of ether oxygens (including phenoxy) is 1. The molecule has 1 saturated heterocycles. The molecule has 22 heavy (non-hydrogen) atoms. The Hall–Kier alpha value is -1.46. The molecule has 0 saturated carbocycles. The molecular formula is C17H25FN2O2. The second kappa shape index (κ2) is 7.20. The predicted molar refractivity (Wildman–Crippen MR) is 84.3 cm³/mol. The summed E-state index contributed by atoms with van der Waals surface area (Å²) in [6.45, 7) is 9.82. The number of piperazine rings is 1. The Morgan fingerprint density at radius 1 is 1.27 bits per heavy atom. The standard InChI is InChI=1S/C17H25FN2O2/c1-17(2,3)22-16(21)15(12-20-10-8-19-9-11-20)13-4-6-14(18)7-5-13/h4-7,15,19H,8-12H2,1-3H3. The molecule has 5 heteroatoms. The molecule has 1 heterocycles. The number of carbonyl (C=O) groups is 1. The van der Waals surface area contributed by atoms with E-state index in [2.05, 4.69) is 10.2 Å². The highest BCUT2D eigenvalue weighted by atomic mass is 19.1. The first-order valence-electron chi connectivity index (χ1n) is 7.76. The fraction of sp³-hybridized carbons (Fsp3) is 0.588. The summed E-state index contributed by atoms with van der Waals surface area (Å²) in [6, 6.07) is 6.13. The van der Waals surface area contributed by atoms with Gasteiger partial charge >= 0.3 is 5.97 Å². The third-order valence-electron chi connectivity index (χ3n) is 3.61. The van der Waals surface area contributed by atoms with Gasteiger partial charge in [-0.25, -0.2) is 4.39 Å². The van der Waals surface area contributed by atoms with Crippen LogP contribution in [0.2, 0.25) is 0 Å². The number of nitrogens with zero attached hydrogens (tertiary/aromatic N) is 1. The summed E-state index contributed by atoms with van der Waals surface area (Å²) in [5, 5.41) is 3.30. The molecule has 0 radical (unpaired) electrons. The number of nitrogens with one attached hydrogen (secondary N) is 1. The molecule has 1 N–H and O–H groups in total. The number of carbonyl (C=O) groups excluding carboxylic acids is 1. The van der Waals surface area contributed by atoms with Gasteiger partial charge in [0.05, 0.1) is 5.92 Å². The maximum atomic E-state index is 13.1. The van der Waals surface area contributed by atoms with Crippen LogP contribution < -0.4 is 5.32 Å². The van der Waals surface area contributed by atoms with Gasteiger partial charge in [0.1, 0.15) is 11.4 Å². The Balaban J connectivity index is 2.15. The summed E-state index contributed by atoms with van der Waals surface area (Å²) in [6.07, 6.45) is 0. The van der Waals surface area contributed by atoms with Gasteiger partial charge in [-0.1, -0.05) is 12.1 Å². The van der Waals surface area contributed by atoms with Crippen LogP contribution in [0.1, 0.15) is 32.3 Å². The van der Waals surface area contributed by atoms with Crippen molar-refractivity contribution in [3.63, 3.8) is 0 Å². The molecule has 0 bridgehead atoms. The largest absolute Gasteiger partial charge is 0.459 e. The van der Waals surface area contributed by atoms with Crippen molar-refractivity contribution in [2.45, 2.75) is 32.3 Å². The lowest BCUT2D eigenvalue weighted by molar-refractivity contribution is -0.157. The molecule has 1 aliphatic heterocycles. The topological polar surface area (TPSA) is 41.6 Å². The van der Waals surface area contributed by atoms with E-state index in [4.69, 9.17) is 4.74 Å². The first-order valence-corrected chi connectivity index (χ1v) is 7.76. The average molecular weight is 308 g/mol. The van der Waals surface area contributed by atoms with Crippen LogP contribution in [0.25, 0.3) is 0 Å². The highest BCUT2D eigenvalue weighted by molar-refractivity contribution is 5.78. The number of halogens is 1. The summed E-state index contributed by atoms with van der Waals surface area (Å²) < 4.78 is 18.7. The van der Waals surface area contributed by atoms with Crippen molar-refractivity contribution in [1.29, 1.82) is 0 Å². The van der Waals surface area contributed by atoms with Crippen LogP contribution >= 0.6 is 0 Å². The molecule has 1 aromatic carbocycles. The van der Waals surface area contributed by atoms with E-state index in [9.17, 15) is 9.18 Å². The van der Waals surface area contributed by atoms with Crippen molar-refractivity contribution in [3.05, 3.63) is 35.6 Å². The summed E-state index contributed by atoms with van der Waals surface area (Å²) in [4.78, 5) is 14.8. The predicted octanol–water partition coefficient (Wildman–Crippen LogP) is 2.16. The molecule has 122 valence electrons. The monoisotopic (exact) mass is 308 g/mol. The minimum Gasteiger partial charge on any atom is -0.459 e. The maximum absolute atomic E-state index is 13.1. The lowest BCUT2D eigenvalue weighted by atomic mass is 9.97. The van der Waals surface area contributed by atoms with Crippen LogP contribution in [-0.2, 0) is 9.53 Å². The first kappa shape index (κ1) is 16.9. The van der Waals surface area contributed by atoms with Gasteiger partial charge in [0.25, 0.3) is 0 Å². The molecule has 4 nitrogen and oxygen atoms in total. The van der Waals surface area contributed by atoms with E-state index in [1.807, 2.05) is 20.8 Å². The molecule has 2 rings (SSSR count). The summed E-state index contributed by atoms with van der Waals surface area (Å²) in [5.41, 5.74) is 0.271. The van der Waals surface area contributed by atoms with E-state index in [-0.39, 0.29) is 11.8 Å². The van der Waals surface area contributed by atoms with E-state index in [1.165, 1.54) is 12.1 Å². The van der Waals surface area contributed by atoms with Gasteiger partial charge < -0.3 is 10.1 Å². The van der Waals surface area contributed by atoms with Crippen molar-refractivity contribution in [2.24, 2.45) is 0 Å². The average Bonchev–Trinajstić information content (AvgIpc) is 2.45. The van der Waals surface area contributed by atoms with Crippen LogP contribution in [0.5, 0.6) is 0 Å². The van der Waals surface area contributed by atoms with Gasteiger partial charge in [-0.2, -0.15) is 0 Å². The molecule has 0 aromatic heterocycles. The van der Waals surface area contributed by atoms with Gasteiger partial charge in [0.2, 0.25) is 0 Å². The molecule has 1 aliphatic rings. The highest BCUT2D eigenvalue weighted by Crippen LogP contribution is 2.22. The van der Waals surface area contributed by atoms with Crippen molar-refractivity contribution >= 4 is 5.97 Å². The molecule has 1 aromatic rings. The Bertz CT molecular complexity index is 490. The van der Waals surface area contributed by atoms with Gasteiger partial charge in [-0.15, -0.1) is 0 Å². The van der Waals surface area contributed by atoms with Crippen LogP contribution in [0, 0.1) is 5.82 Å². The van der Waals surface area contributed by atoms with Gasteiger partial charge in [0.15, 0.2) is 0 Å². The Labute approximate surface area is 131 Å². The Kier molecular flexibility index (Phi) is 5.53. The van der Waals surface area contributed by atoms with E-state index in [0.29, 0.717) is 6.54 Å². The third-order valence-corrected chi connectivity index (χ3v) is 3.61. The van der Waals surface area contributed by atoms with Gasteiger partial charge in [0, 0.05) is 32.7 Å². The van der Waals surface area contributed by atoms with Crippen LogP contribution in [0.3, 0.4) is 0 Å². The number of rotatable bonds is 4. The van der Waals surface area contributed by atoms with E-state index >= 15 is 0 Å². The Morgan fingerprint density at radius 3 is 2.41 bits per heavy atom. The smallest absolute Gasteiger partial charge is 0.315 e. The van der Waals surface area contributed by atoms with Crippen LogP contribution in [0.15, 0.2) is 24.3 Å². The van der Waals surface area contributed by atoms with Crippen LogP contribution in [-0.4, -0.2) is 49.2 Å². The quantitative estimate of drug-likeness (QED) is 0.866. The zero-order valence-electron chi connectivity index (χ0n) is 13.6. The van der Waals surface area contributed by atoms with E-state index in [0.717, 1.165) is 31.7 Å². The first-order chi connectivity index (χ1) is 10.3. The number of benzene rings is 1. The number of esters is 1. The summed E-state index contributed by atoms with van der Waals surface area (Å²) in [7, 11) is 0. The minimum absolute atomic E-state index is 0.252. The molecule has 1 atom stereocenters. The second-order valence-electron chi connectivity index (χ2n) is 6.69. The van der Waals surface area contributed by atoms with Gasteiger partial charge in [-0.05, 0) is 38.5 Å². The van der Waals surface area contributed by atoms with Crippen molar-refractivity contribution < 1.29 is 13.9 Å². The maximum Gasteiger partial charge on any atom is 0.315 e.